The predicted octanol–water partition coefficient (Wildman–Crippen LogP) is 2.87. The van der Waals surface area contributed by atoms with Gasteiger partial charge in [-0.1, -0.05) is 0 Å². The van der Waals surface area contributed by atoms with Crippen molar-refractivity contribution in [2.75, 3.05) is 18.6 Å². The molecule has 0 N–H and O–H groups in total. The normalized spacial score (nSPS) is 23.1. The highest BCUT2D eigenvalue weighted by Gasteiger charge is 2.23. The van der Waals surface area contributed by atoms with Gasteiger partial charge in [-0.2, -0.15) is 0 Å². The van der Waals surface area contributed by atoms with Gasteiger partial charge < -0.3 is 9.30 Å². The van der Waals surface area contributed by atoms with E-state index in [1.807, 2.05) is 18.2 Å². The van der Waals surface area contributed by atoms with Crippen molar-refractivity contribution >= 4 is 33.4 Å². The predicted molar refractivity (Wildman–Crippen MR) is 82.0 cm³/mol. The van der Waals surface area contributed by atoms with Crippen LogP contribution in [0.5, 0.6) is 5.75 Å². The quantitative estimate of drug-likeness (QED) is 0.819. The molecule has 108 valence electrons. The highest BCUT2D eigenvalue weighted by Crippen LogP contribution is 2.31. The van der Waals surface area contributed by atoms with Crippen molar-refractivity contribution in [1.82, 2.24) is 9.55 Å². The van der Waals surface area contributed by atoms with Gasteiger partial charge in [0.05, 0.1) is 24.0 Å². The Kier molecular flexibility index (Phi) is 3.98. The SMILES string of the molecule is COc1ccc2c(c1)nc(CCl)n2C1CCS(=O)CC1. The van der Waals surface area contributed by atoms with Gasteiger partial charge in [0, 0.05) is 34.4 Å². The van der Waals surface area contributed by atoms with Crippen molar-refractivity contribution in [2.45, 2.75) is 24.8 Å². The smallest absolute Gasteiger partial charge is 0.125 e. The number of alkyl halides is 1. The van der Waals surface area contributed by atoms with E-state index in [1.54, 1.807) is 7.11 Å². The number of rotatable bonds is 3. The summed E-state index contributed by atoms with van der Waals surface area (Å²) < 4.78 is 19.0. The van der Waals surface area contributed by atoms with Gasteiger partial charge in [0.2, 0.25) is 0 Å². The lowest BCUT2D eigenvalue weighted by Crippen LogP contribution is -2.22. The molecule has 1 aliphatic rings. The van der Waals surface area contributed by atoms with E-state index in [0.717, 1.165) is 47.0 Å². The van der Waals surface area contributed by atoms with Gasteiger partial charge >= 0.3 is 0 Å². The highest BCUT2D eigenvalue weighted by atomic mass is 35.5. The molecule has 1 aromatic heterocycles. The van der Waals surface area contributed by atoms with Crippen LogP contribution in [0.4, 0.5) is 0 Å². The van der Waals surface area contributed by atoms with Gasteiger partial charge in [-0.25, -0.2) is 4.98 Å². The Morgan fingerprint density at radius 3 is 2.85 bits per heavy atom. The average molecular weight is 313 g/mol. The van der Waals surface area contributed by atoms with E-state index in [-0.39, 0.29) is 0 Å². The fraction of sp³-hybridized carbons (Fsp3) is 0.500. The lowest BCUT2D eigenvalue weighted by Gasteiger charge is -2.25. The molecule has 3 rings (SSSR count). The summed E-state index contributed by atoms with van der Waals surface area (Å²) in [5.74, 6) is 3.60. The van der Waals surface area contributed by atoms with Crippen LogP contribution in [-0.4, -0.2) is 32.4 Å². The minimum absolute atomic E-state index is 0.347. The Labute approximate surface area is 125 Å². The largest absolute Gasteiger partial charge is 0.497 e. The lowest BCUT2D eigenvalue weighted by atomic mass is 10.1. The molecule has 1 aliphatic heterocycles. The number of nitrogens with zero attached hydrogens (tertiary/aromatic N) is 2. The maximum atomic E-state index is 11.5. The van der Waals surface area contributed by atoms with Crippen LogP contribution in [0.25, 0.3) is 11.0 Å². The van der Waals surface area contributed by atoms with Crippen LogP contribution in [0, 0.1) is 0 Å². The van der Waals surface area contributed by atoms with Gasteiger partial charge in [0.15, 0.2) is 0 Å². The minimum atomic E-state index is -0.657. The first-order valence-electron chi connectivity index (χ1n) is 6.68. The first kappa shape index (κ1) is 13.9. The standard InChI is InChI=1S/C14H17ClN2O2S/c1-19-11-2-3-13-12(8-11)16-14(9-15)17(13)10-4-6-20(18)7-5-10/h2-3,8,10H,4-7,9H2,1H3. The molecule has 0 atom stereocenters. The fourth-order valence-corrected chi connectivity index (χ4v) is 4.26. The van der Waals surface area contributed by atoms with E-state index in [0.29, 0.717) is 11.9 Å². The lowest BCUT2D eigenvalue weighted by molar-refractivity contribution is 0.415. The summed E-state index contributed by atoms with van der Waals surface area (Å²) >= 11 is 6.05. The Morgan fingerprint density at radius 2 is 2.20 bits per heavy atom. The topological polar surface area (TPSA) is 44.1 Å². The second-order valence-electron chi connectivity index (χ2n) is 4.97. The summed E-state index contributed by atoms with van der Waals surface area (Å²) in [4.78, 5) is 4.61. The van der Waals surface area contributed by atoms with E-state index in [2.05, 4.69) is 9.55 Å². The summed E-state index contributed by atoms with van der Waals surface area (Å²) in [5.41, 5.74) is 1.99. The zero-order valence-corrected chi connectivity index (χ0v) is 12.9. The summed E-state index contributed by atoms with van der Waals surface area (Å²) in [7, 11) is 0.993. The summed E-state index contributed by atoms with van der Waals surface area (Å²) in [5, 5.41) is 0. The molecule has 2 heterocycles. The van der Waals surface area contributed by atoms with Gasteiger partial charge in [-0.15, -0.1) is 11.6 Å². The monoisotopic (exact) mass is 312 g/mol. The number of imidazole rings is 1. The molecule has 0 aliphatic carbocycles. The fourth-order valence-electron chi connectivity index (χ4n) is 2.80. The number of halogens is 1. The van der Waals surface area contributed by atoms with E-state index in [4.69, 9.17) is 16.3 Å². The Bertz CT molecular complexity index is 646. The van der Waals surface area contributed by atoms with Crippen LogP contribution in [-0.2, 0) is 16.7 Å². The van der Waals surface area contributed by atoms with Crippen LogP contribution in [0.2, 0.25) is 0 Å². The molecule has 0 unspecified atom stereocenters. The third-order valence-corrected chi connectivity index (χ3v) is 5.43. The number of aromatic nitrogens is 2. The van der Waals surface area contributed by atoms with Crippen molar-refractivity contribution in [3.05, 3.63) is 24.0 Å². The first-order valence-corrected chi connectivity index (χ1v) is 8.71. The number of fused-ring (bicyclic) bond motifs is 1. The summed E-state index contributed by atoms with van der Waals surface area (Å²) in [6.45, 7) is 0. The first-order chi connectivity index (χ1) is 9.72. The summed E-state index contributed by atoms with van der Waals surface area (Å²) in [6, 6.07) is 6.25. The van der Waals surface area contributed by atoms with Crippen LogP contribution < -0.4 is 4.74 Å². The van der Waals surface area contributed by atoms with Gasteiger partial charge in [0.1, 0.15) is 11.6 Å². The molecular weight excluding hydrogens is 296 g/mol. The van der Waals surface area contributed by atoms with Crippen LogP contribution in [0.1, 0.15) is 24.7 Å². The van der Waals surface area contributed by atoms with Crippen molar-refractivity contribution in [3.8, 4) is 5.75 Å². The number of ether oxygens (including phenoxy) is 1. The van der Waals surface area contributed by atoms with Gasteiger partial charge in [-0.3, -0.25) is 4.21 Å². The molecule has 6 heteroatoms. The van der Waals surface area contributed by atoms with Crippen molar-refractivity contribution in [2.24, 2.45) is 0 Å². The molecule has 4 nitrogen and oxygen atoms in total. The zero-order valence-electron chi connectivity index (χ0n) is 11.3. The molecule has 1 saturated heterocycles. The Morgan fingerprint density at radius 1 is 1.45 bits per heavy atom. The number of methoxy groups -OCH3 is 1. The molecule has 0 saturated carbocycles. The second kappa shape index (κ2) is 5.74. The molecule has 0 amide bonds. The molecule has 1 aromatic carbocycles. The highest BCUT2D eigenvalue weighted by molar-refractivity contribution is 7.85. The van der Waals surface area contributed by atoms with Crippen molar-refractivity contribution in [1.29, 1.82) is 0 Å². The zero-order chi connectivity index (χ0) is 14.1. The molecule has 0 radical (unpaired) electrons. The van der Waals surface area contributed by atoms with Crippen molar-refractivity contribution in [3.63, 3.8) is 0 Å². The van der Waals surface area contributed by atoms with Gasteiger partial charge in [-0.05, 0) is 25.0 Å². The van der Waals surface area contributed by atoms with E-state index in [1.165, 1.54) is 0 Å². The maximum absolute atomic E-state index is 11.5. The number of benzene rings is 1. The molecule has 2 aromatic rings. The third-order valence-electron chi connectivity index (χ3n) is 3.81. The van der Waals surface area contributed by atoms with Crippen LogP contribution >= 0.6 is 11.6 Å². The maximum Gasteiger partial charge on any atom is 0.125 e. The summed E-state index contributed by atoms with van der Waals surface area (Å²) in [6.07, 6.45) is 1.85. The molecular formula is C14H17ClN2O2S. The number of hydrogen-bond acceptors (Lipinski definition) is 3. The molecule has 1 fully saturated rings. The van der Waals surface area contributed by atoms with E-state index >= 15 is 0 Å². The molecule has 0 spiro atoms. The molecule has 20 heavy (non-hydrogen) atoms. The average Bonchev–Trinajstić information content (AvgIpc) is 2.85. The second-order valence-corrected chi connectivity index (χ2v) is 6.93. The third kappa shape index (κ3) is 2.44. The minimum Gasteiger partial charge on any atom is -0.497 e. The van der Waals surface area contributed by atoms with Crippen LogP contribution in [0.3, 0.4) is 0 Å². The Hall–Kier alpha value is -1.07. The van der Waals surface area contributed by atoms with Crippen molar-refractivity contribution < 1.29 is 8.95 Å². The van der Waals surface area contributed by atoms with Gasteiger partial charge in [0.25, 0.3) is 0 Å². The van der Waals surface area contributed by atoms with Crippen LogP contribution in [0.15, 0.2) is 18.2 Å². The van der Waals surface area contributed by atoms with E-state index < -0.39 is 10.8 Å². The molecule has 0 bridgehead atoms. The number of hydrogen-bond donors (Lipinski definition) is 0. The Balaban J connectivity index is 2.06. The van der Waals surface area contributed by atoms with E-state index in [9.17, 15) is 4.21 Å².